The van der Waals surface area contributed by atoms with E-state index in [1.807, 2.05) is 0 Å². The molecule has 0 unspecified atom stereocenters. The van der Waals surface area contributed by atoms with Crippen molar-refractivity contribution in [3.8, 4) is 0 Å². The van der Waals surface area contributed by atoms with Crippen molar-refractivity contribution in [1.82, 2.24) is 15.3 Å². The van der Waals surface area contributed by atoms with Gasteiger partial charge < -0.3 is 10.3 Å². The molecule has 0 saturated heterocycles. The van der Waals surface area contributed by atoms with Gasteiger partial charge >= 0.3 is 6.18 Å². The maximum atomic E-state index is 12.6. The SMILES string of the molecule is CC[C@@H](NC(=O)c1ccc(=O)[nH]c1)c1nc(C(F)(F)F)cs1. The smallest absolute Gasteiger partial charge is 0.343 e. The monoisotopic (exact) mass is 331 g/mol. The molecule has 0 aliphatic heterocycles. The molecule has 5 nitrogen and oxygen atoms in total. The molecule has 0 radical (unpaired) electrons. The van der Waals surface area contributed by atoms with Gasteiger partial charge in [-0.1, -0.05) is 6.92 Å². The number of halogens is 3. The van der Waals surface area contributed by atoms with E-state index in [0.29, 0.717) is 6.42 Å². The summed E-state index contributed by atoms with van der Waals surface area (Å²) in [4.78, 5) is 28.9. The Morgan fingerprint density at radius 1 is 1.45 bits per heavy atom. The Morgan fingerprint density at radius 3 is 2.68 bits per heavy atom. The zero-order chi connectivity index (χ0) is 16.3. The molecule has 0 aromatic carbocycles. The summed E-state index contributed by atoms with van der Waals surface area (Å²) in [5, 5.41) is 3.71. The van der Waals surface area contributed by atoms with Crippen molar-refractivity contribution in [3.05, 3.63) is 50.3 Å². The van der Waals surface area contributed by atoms with Gasteiger partial charge in [-0.2, -0.15) is 13.2 Å². The van der Waals surface area contributed by atoms with Crippen LogP contribution in [0.5, 0.6) is 0 Å². The zero-order valence-electron chi connectivity index (χ0n) is 11.4. The first-order valence-electron chi connectivity index (χ1n) is 6.33. The van der Waals surface area contributed by atoms with Crippen LogP contribution < -0.4 is 10.9 Å². The molecule has 0 saturated carbocycles. The number of carbonyl (C=O) groups is 1. The molecule has 2 aromatic heterocycles. The lowest BCUT2D eigenvalue weighted by Crippen LogP contribution is -2.28. The summed E-state index contributed by atoms with van der Waals surface area (Å²) in [5.74, 6) is -0.494. The van der Waals surface area contributed by atoms with E-state index in [0.717, 1.165) is 16.7 Å². The Balaban J connectivity index is 2.15. The summed E-state index contributed by atoms with van der Waals surface area (Å²) >= 11 is 0.845. The maximum Gasteiger partial charge on any atom is 0.434 e. The molecule has 2 rings (SSSR count). The average molecular weight is 331 g/mol. The molecule has 2 N–H and O–H groups in total. The van der Waals surface area contributed by atoms with Gasteiger partial charge in [-0.05, 0) is 12.5 Å². The number of aromatic amines is 1. The van der Waals surface area contributed by atoms with Gasteiger partial charge in [0.15, 0.2) is 5.69 Å². The quantitative estimate of drug-likeness (QED) is 0.904. The molecule has 9 heteroatoms. The molecule has 22 heavy (non-hydrogen) atoms. The van der Waals surface area contributed by atoms with E-state index in [1.54, 1.807) is 6.92 Å². The predicted molar refractivity (Wildman–Crippen MR) is 74.7 cm³/mol. The fourth-order valence-electron chi connectivity index (χ4n) is 1.71. The summed E-state index contributed by atoms with van der Waals surface area (Å²) in [5.41, 5.74) is -1.10. The predicted octanol–water partition coefficient (Wildman–Crippen LogP) is 2.73. The van der Waals surface area contributed by atoms with Crippen molar-refractivity contribution in [2.75, 3.05) is 0 Å². The van der Waals surface area contributed by atoms with E-state index in [1.165, 1.54) is 18.3 Å². The van der Waals surface area contributed by atoms with Crippen molar-refractivity contribution in [3.63, 3.8) is 0 Å². The highest BCUT2D eigenvalue weighted by molar-refractivity contribution is 7.09. The standard InChI is InChI=1S/C13H12F3N3O2S/c1-2-8(12-19-9(6-22-12)13(14,15)16)18-11(21)7-3-4-10(20)17-5-7/h3-6,8H,2H2,1H3,(H,17,20)(H,18,21)/t8-/m1/s1. The van der Waals surface area contributed by atoms with Crippen LogP contribution in [0.25, 0.3) is 0 Å². The highest BCUT2D eigenvalue weighted by atomic mass is 32.1. The van der Waals surface area contributed by atoms with Gasteiger partial charge in [0, 0.05) is 17.6 Å². The molecule has 1 atom stereocenters. The fraction of sp³-hybridized carbons (Fsp3) is 0.308. The Hall–Kier alpha value is -2.16. The van der Waals surface area contributed by atoms with E-state index in [4.69, 9.17) is 0 Å². The average Bonchev–Trinajstić information content (AvgIpc) is 2.95. The molecule has 0 fully saturated rings. The number of hydrogen-bond donors (Lipinski definition) is 2. The number of hydrogen-bond acceptors (Lipinski definition) is 4. The summed E-state index contributed by atoms with van der Waals surface area (Å²) in [6.45, 7) is 1.73. The molecule has 1 amide bonds. The lowest BCUT2D eigenvalue weighted by molar-refractivity contribution is -0.140. The van der Waals surface area contributed by atoms with Crippen molar-refractivity contribution in [1.29, 1.82) is 0 Å². The first-order valence-corrected chi connectivity index (χ1v) is 7.21. The second kappa shape index (κ2) is 6.30. The number of thiazole rings is 1. The number of nitrogens with one attached hydrogen (secondary N) is 2. The highest BCUT2D eigenvalue weighted by Crippen LogP contribution is 2.32. The Bertz CT molecular complexity index is 703. The van der Waals surface area contributed by atoms with Crippen molar-refractivity contribution in [2.24, 2.45) is 0 Å². The molecule has 118 valence electrons. The molecular weight excluding hydrogens is 319 g/mol. The van der Waals surface area contributed by atoms with Crippen LogP contribution in [-0.4, -0.2) is 15.9 Å². The van der Waals surface area contributed by atoms with Gasteiger partial charge in [-0.3, -0.25) is 9.59 Å². The summed E-state index contributed by atoms with van der Waals surface area (Å²) in [6, 6.07) is 1.91. The van der Waals surface area contributed by atoms with Crippen LogP contribution in [0.4, 0.5) is 13.2 Å². The Kier molecular flexibility index (Phi) is 4.65. The van der Waals surface area contributed by atoms with Gasteiger partial charge in [0.25, 0.3) is 5.91 Å². The largest absolute Gasteiger partial charge is 0.434 e. The summed E-state index contributed by atoms with van der Waals surface area (Å²) in [7, 11) is 0. The van der Waals surface area contributed by atoms with Crippen molar-refractivity contribution >= 4 is 17.2 Å². The number of alkyl halides is 3. The van der Waals surface area contributed by atoms with Crippen LogP contribution in [0, 0.1) is 0 Å². The Labute approximate surface area is 127 Å². The number of nitrogens with zero attached hydrogens (tertiary/aromatic N) is 1. The van der Waals surface area contributed by atoms with Gasteiger partial charge in [-0.15, -0.1) is 11.3 Å². The van der Waals surface area contributed by atoms with E-state index in [2.05, 4.69) is 15.3 Å². The minimum Gasteiger partial charge on any atom is -0.343 e. The number of carbonyl (C=O) groups excluding carboxylic acids is 1. The molecule has 0 bridgehead atoms. The molecule has 0 aliphatic carbocycles. The minimum atomic E-state index is -4.50. The van der Waals surface area contributed by atoms with Gasteiger partial charge in [0.05, 0.1) is 11.6 Å². The lowest BCUT2D eigenvalue weighted by Gasteiger charge is -2.14. The summed E-state index contributed by atoms with van der Waals surface area (Å²) < 4.78 is 37.7. The Morgan fingerprint density at radius 2 is 2.18 bits per heavy atom. The van der Waals surface area contributed by atoms with Crippen LogP contribution in [0.1, 0.15) is 40.4 Å². The molecule has 0 spiro atoms. The highest BCUT2D eigenvalue weighted by Gasteiger charge is 2.34. The first kappa shape index (κ1) is 16.2. The minimum absolute atomic E-state index is 0.188. The number of H-pyrrole nitrogens is 1. The third-order valence-electron chi connectivity index (χ3n) is 2.87. The fourth-order valence-corrected chi connectivity index (χ4v) is 2.67. The molecule has 0 aliphatic rings. The van der Waals surface area contributed by atoms with Crippen LogP contribution in [0.15, 0.2) is 28.5 Å². The number of pyridine rings is 1. The van der Waals surface area contributed by atoms with Crippen LogP contribution in [0.3, 0.4) is 0 Å². The third kappa shape index (κ3) is 3.73. The second-order valence-electron chi connectivity index (χ2n) is 4.44. The van der Waals surface area contributed by atoms with E-state index >= 15 is 0 Å². The van der Waals surface area contributed by atoms with Gasteiger partial charge in [-0.25, -0.2) is 4.98 Å². The molecule has 2 aromatic rings. The van der Waals surface area contributed by atoms with Crippen LogP contribution >= 0.6 is 11.3 Å². The zero-order valence-corrected chi connectivity index (χ0v) is 12.2. The normalized spacial score (nSPS) is 12.9. The van der Waals surface area contributed by atoms with Crippen LogP contribution in [-0.2, 0) is 6.18 Å². The molecule has 2 heterocycles. The van der Waals surface area contributed by atoms with Crippen molar-refractivity contribution in [2.45, 2.75) is 25.6 Å². The second-order valence-corrected chi connectivity index (χ2v) is 5.33. The topological polar surface area (TPSA) is 74.8 Å². The van der Waals surface area contributed by atoms with Gasteiger partial charge in [0.2, 0.25) is 5.56 Å². The first-order chi connectivity index (χ1) is 10.3. The van der Waals surface area contributed by atoms with E-state index < -0.39 is 23.8 Å². The maximum absolute atomic E-state index is 12.6. The van der Waals surface area contributed by atoms with Crippen molar-refractivity contribution < 1.29 is 18.0 Å². The number of aromatic nitrogens is 2. The van der Waals surface area contributed by atoms with E-state index in [-0.39, 0.29) is 16.1 Å². The number of rotatable bonds is 4. The van der Waals surface area contributed by atoms with Gasteiger partial charge in [0.1, 0.15) is 5.01 Å². The number of amides is 1. The van der Waals surface area contributed by atoms with Crippen LogP contribution in [0.2, 0.25) is 0 Å². The van der Waals surface area contributed by atoms with E-state index in [9.17, 15) is 22.8 Å². The summed E-state index contributed by atoms with van der Waals surface area (Å²) in [6.07, 6.45) is -2.87. The third-order valence-corrected chi connectivity index (χ3v) is 3.83. The lowest BCUT2D eigenvalue weighted by atomic mass is 10.2. The molecular formula is C13H12F3N3O2S.